The zero-order chi connectivity index (χ0) is 25.4. The van der Waals surface area contributed by atoms with Crippen LogP contribution < -0.4 is 9.62 Å². The van der Waals surface area contributed by atoms with Crippen molar-refractivity contribution in [1.82, 2.24) is 14.9 Å². The van der Waals surface area contributed by atoms with Crippen LogP contribution in [0.25, 0.3) is 0 Å². The number of likely N-dealkylation sites (tertiary alicyclic amines) is 1. The molecule has 2 aromatic heterocycles. The lowest BCUT2D eigenvalue weighted by Crippen LogP contribution is -2.44. The van der Waals surface area contributed by atoms with Gasteiger partial charge in [0, 0.05) is 37.6 Å². The monoisotopic (exact) mass is 517 g/mol. The number of rotatable bonds is 7. The predicted octanol–water partition coefficient (Wildman–Crippen LogP) is 4.01. The largest absolute Gasteiger partial charge is 0.483 e. The second-order valence-corrected chi connectivity index (χ2v) is 10.7. The summed E-state index contributed by atoms with van der Waals surface area (Å²) in [5.41, 5.74) is 4.79. The van der Waals surface area contributed by atoms with Gasteiger partial charge in [-0.3, -0.25) is 14.4 Å². The molecule has 1 aliphatic heterocycles. The predicted molar refractivity (Wildman–Crippen MR) is 138 cm³/mol. The summed E-state index contributed by atoms with van der Waals surface area (Å²) in [7, 11) is -1.68. The smallest absolute Gasteiger partial charge is 0.290 e. The molecule has 1 fully saturated rings. The van der Waals surface area contributed by atoms with Crippen LogP contribution in [0.2, 0.25) is 0 Å². The maximum absolute atomic E-state index is 12.6. The number of nitrogens with one attached hydrogen (secondary N) is 1. The van der Waals surface area contributed by atoms with Gasteiger partial charge in [-0.15, -0.1) is 11.3 Å². The number of sulfonamides is 1. The molecule has 3 aromatic rings. The lowest BCUT2D eigenvalue weighted by atomic mass is 9.99. The standard InChI is InChI=1S/C23H29N5O2S2.CH2O2/c1-17-13-23(32(29,30)26-22-15-31-16-25-22)24-14-21(17)27(3)20-9-11-28(12-10-20)18(2)19-7-5-4-6-8-19;2-1-3/h4-8,13-16,18,20,26H,9-12H2,1-3H3;1H,(H,2,3)/t18-;/m1./s1. The Morgan fingerprint density at radius 1 is 1.23 bits per heavy atom. The van der Waals surface area contributed by atoms with Crippen molar-refractivity contribution in [3.8, 4) is 0 Å². The van der Waals surface area contributed by atoms with E-state index in [4.69, 9.17) is 9.90 Å². The number of hydrogen-bond donors (Lipinski definition) is 2. The van der Waals surface area contributed by atoms with Gasteiger partial charge in [-0.25, -0.2) is 9.97 Å². The minimum absolute atomic E-state index is 0.00616. The van der Waals surface area contributed by atoms with Gasteiger partial charge in [0.2, 0.25) is 0 Å². The molecular weight excluding hydrogens is 486 g/mol. The molecule has 2 N–H and O–H groups in total. The molecule has 3 heterocycles. The normalized spacial score (nSPS) is 15.5. The molecule has 11 heteroatoms. The van der Waals surface area contributed by atoms with E-state index in [1.165, 1.54) is 16.9 Å². The molecule has 0 spiro atoms. The van der Waals surface area contributed by atoms with Gasteiger partial charge in [-0.05, 0) is 43.9 Å². The maximum atomic E-state index is 12.6. The zero-order valence-corrected chi connectivity index (χ0v) is 21.7. The Morgan fingerprint density at radius 3 is 2.46 bits per heavy atom. The highest BCUT2D eigenvalue weighted by Crippen LogP contribution is 2.29. The first-order chi connectivity index (χ1) is 16.8. The van der Waals surface area contributed by atoms with E-state index < -0.39 is 10.0 Å². The topological polar surface area (TPSA) is 116 Å². The second kappa shape index (κ2) is 12.1. The number of aromatic nitrogens is 2. The Kier molecular flexibility index (Phi) is 9.19. The van der Waals surface area contributed by atoms with E-state index in [2.05, 4.69) is 68.8 Å². The summed E-state index contributed by atoms with van der Waals surface area (Å²) in [5.74, 6) is 0.312. The summed E-state index contributed by atoms with van der Waals surface area (Å²) in [5, 5.41) is 8.55. The van der Waals surface area contributed by atoms with Crippen molar-refractivity contribution in [2.24, 2.45) is 0 Å². The van der Waals surface area contributed by atoms with Crippen molar-refractivity contribution >= 4 is 39.3 Å². The van der Waals surface area contributed by atoms with Gasteiger partial charge in [-0.1, -0.05) is 30.3 Å². The van der Waals surface area contributed by atoms with Gasteiger partial charge in [0.05, 0.1) is 17.4 Å². The van der Waals surface area contributed by atoms with E-state index in [0.29, 0.717) is 17.9 Å². The first-order valence-corrected chi connectivity index (χ1v) is 13.7. The lowest BCUT2D eigenvalue weighted by Gasteiger charge is -2.40. The van der Waals surface area contributed by atoms with Gasteiger partial charge >= 0.3 is 0 Å². The van der Waals surface area contributed by atoms with E-state index in [1.807, 2.05) is 6.92 Å². The molecule has 1 saturated heterocycles. The molecule has 0 saturated carbocycles. The van der Waals surface area contributed by atoms with Crippen molar-refractivity contribution in [3.63, 3.8) is 0 Å². The van der Waals surface area contributed by atoms with Crippen molar-refractivity contribution in [2.45, 2.75) is 43.8 Å². The van der Waals surface area contributed by atoms with Gasteiger partial charge < -0.3 is 10.0 Å². The highest BCUT2D eigenvalue weighted by atomic mass is 32.2. The molecular formula is C24H31N5O4S2. The number of carbonyl (C=O) groups is 1. The first kappa shape index (κ1) is 26.6. The van der Waals surface area contributed by atoms with Crippen molar-refractivity contribution in [1.29, 1.82) is 0 Å². The molecule has 9 nitrogen and oxygen atoms in total. The highest BCUT2D eigenvalue weighted by molar-refractivity contribution is 7.92. The lowest BCUT2D eigenvalue weighted by molar-refractivity contribution is -0.122. The van der Waals surface area contributed by atoms with Crippen LogP contribution in [0.4, 0.5) is 11.5 Å². The van der Waals surface area contributed by atoms with Crippen LogP contribution in [0, 0.1) is 6.92 Å². The molecule has 0 amide bonds. The van der Waals surface area contributed by atoms with Gasteiger partial charge in [0.1, 0.15) is 0 Å². The number of piperidine rings is 1. The molecule has 0 unspecified atom stereocenters. The third-order valence-corrected chi connectivity index (χ3v) is 8.10. The summed E-state index contributed by atoms with van der Waals surface area (Å²) in [4.78, 5) is 21.4. The summed E-state index contributed by atoms with van der Waals surface area (Å²) in [6.45, 7) is 6.01. The number of hydrogen-bond acceptors (Lipinski definition) is 8. The fourth-order valence-corrected chi connectivity index (χ4v) is 5.87. The van der Waals surface area contributed by atoms with Crippen LogP contribution in [0.5, 0.6) is 0 Å². The Labute approximate surface area is 210 Å². The molecule has 4 rings (SSSR count). The van der Waals surface area contributed by atoms with Crippen LogP contribution >= 0.6 is 11.3 Å². The van der Waals surface area contributed by atoms with Gasteiger partial charge in [0.25, 0.3) is 16.5 Å². The number of carboxylic acid groups (broad SMARTS) is 1. The molecule has 1 aromatic carbocycles. The fraction of sp³-hybridized carbons (Fsp3) is 0.375. The van der Waals surface area contributed by atoms with Crippen molar-refractivity contribution in [2.75, 3.05) is 29.8 Å². The number of nitrogens with zero attached hydrogens (tertiary/aromatic N) is 4. The van der Waals surface area contributed by atoms with E-state index in [1.54, 1.807) is 23.2 Å². The number of benzene rings is 1. The number of anilines is 2. The molecule has 0 aliphatic carbocycles. The van der Waals surface area contributed by atoms with E-state index in [0.717, 1.165) is 37.2 Å². The van der Waals surface area contributed by atoms with Gasteiger partial charge in [-0.2, -0.15) is 8.42 Å². The van der Waals surface area contributed by atoms with E-state index in [-0.39, 0.29) is 11.5 Å². The second-order valence-electron chi connectivity index (χ2n) is 8.36. The van der Waals surface area contributed by atoms with Crippen LogP contribution in [0.3, 0.4) is 0 Å². The highest BCUT2D eigenvalue weighted by Gasteiger charge is 2.27. The van der Waals surface area contributed by atoms with Crippen LogP contribution in [-0.2, 0) is 14.8 Å². The van der Waals surface area contributed by atoms with Crippen molar-refractivity contribution < 1.29 is 18.3 Å². The summed E-state index contributed by atoms with van der Waals surface area (Å²) >= 11 is 1.33. The Balaban J connectivity index is 0.00000108. The summed E-state index contributed by atoms with van der Waals surface area (Å²) in [6.07, 6.45) is 3.78. The average Bonchev–Trinajstić information content (AvgIpc) is 3.36. The Hall–Kier alpha value is -3.02. The Bertz CT molecular complexity index is 1180. The van der Waals surface area contributed by atoms with E-state index in [9.17, 15) is 8.42 Å². The third kappa shape index (κ3) is 6.77. The molecule has 1 atom stereocenters. The van der Waals surface area contributed by atoms with Crippen LogP contribution in [-0.4, -0.2) is 61.0 Å². The first-order valence-electron chi connectivity index (χ1n) is 11.2. The quantitative estimate of drug-likeness (QED) is 0.452. The minimum atomic E-state index is -3.76. The summed E-state index contributed by atoms with van der Waals surface area (Å²) in [6, 6.07) is 13.1. The number of pyridine rings is 1. The van der Waals surface area contributed by atoms with Crippen LogP contribution in [0.15, 0.2) is 58.5 Å². The molecule has 188 valence electrons. The van der Waals surface area contributed by atoms with E-state index >= 15 is 0 Å². The SMILES string of the molecule is Cc1cc(S(=O)(=O)Nc2cscn2)ncc1N(C)C1CCN([C@H](C)c2ccccc2)CC1.O=CO. The molecule has 0 bridgehead atoms. The number of aryl methyl sites for hydroxylation is 1. The Morgan fingerprint density at radius 2 is 1.89 bits per heavy atom. The fourth-order valence-electron chi connectivity index (χ4n) is 4.29. The molecule has 1 aliphatic rings. The maximum Gasteiger partial charge on any atom is 0.290 e. The average molecular weight is 518 g/mol. The molecule has 0 radical (unpaired) electrons. The van der Waals surface area contributed by atoms with Gasteiger partial charge in [0.15, 0.2) is 10.8 Å². The van der Waals surface area contributed by atoms with Crippen LogP contribution in [0.1, 0.15) is 36.9 Å². The zero-order valence-electron chi connectivity index (χ0n) is 20.0. The third-order valence-electron chi connectivity index (χ3n) is 6.26. The minimum Gasteiger partial charge on any atom is -0.483 e. The molecule has 35 heavy (non-hydrogen) atoms. The van der Waals surface area contributed by atoms with Crippen molar-refractivity contribution in [3.05, 3.63) is 64.6 Å². The number of thiazole rings is 1. The summed E-state index contributed by atoms with van der Waals surface area (Å²) < 4.78 is 27.7.